The van der Waals surface area contributed by atoms with Crippen LogP contribution in [0.1, 0.15) is 21.5 Å². The van der Waals surface area contributed by atoms with Crippen LogP contribution < -0.4 is 57.1 Å². The van der Waals surface area contributed by atoms with Crippen LogP contribution in [0.3, 0.4) is 0 Å². The van der Waals surface area contributed by atoms with Crippen molar-refractivity contribution in [3.8, 4) is 0 Å². The summed E-state index contributed by atoms with van der Waals surface area (Å²) in [5.74, 6) is 0. The predicted octanol–water partition coefficient (Wildman–Crippen LogP) is -0.677. The Labute approximate surface area is 134 Å². The van der Waals surface area contributed by atoms with Crippen LogP contribution in [0.25, 0.3) is 0 Å². The molecule has 2 nitrogen and oxygen atoms in total. The predicted molar refractivity (Wildman–Crippen MR) is 53.8 cm³/mol. The summed E-state index contributed by atoms with van der Waals surface area (Å²) in [6.45, 7) is -3.42. The molecule has 0 fully saturated rings. The minimum Gasteiger partial charge on any atom is -0.449 e. The zero-order valence-corrected chi connectivity index (χ0v) is 12.3. The SMILES string of the molecule is Cc1c(C=O)cc(N)cc1C[B-](F)(F)F.[K+]. The molecule has 0 aliphatic rings. The first-order valence-corrected chi connectivity index (χ1v) is 4.38. The number of rotatable bonds is 3. The quantitative estimate of drug-likeness (QED) is 0.442. The van der Waals surface area contributed by atoms with Gasteiger partial charge in [-0.2, -0.15) is 0 Å². The zero-order chi connectivity index (χ0) is 11.6. The van der Waals surface area contributed by atoms with Crippen molar-refractivity contribution in [2.45, 2.75) is 13.2 Å². The van der Waals surface area contributed by atoms with E-state index < -0.39 is 13.3 Å². The second-order valence-corrected chi connectivity index (χ2v) is 3.43. The first-order chi connectivity index (χ1) is 6.83. The maximum absolute atomic E-state index is 12.2. The van der Waals surface area contributed by atoms with E-state index in [-0.39, 0.29) is 68.2 Å². The Hall–Kier alpha value is 0.181. The molecule has 1 aromatic carbocycles. The maximum Gasteiger partial charge on any atom is 1.00 e. The minimum atomic E-state index is -4.91. The second kappa shape index (κ2) is 6.21. The molecule has 1 rings (SSSR count). The van der Waals surface area contributed by atoms with E-state index in [9.17, 15) is 17.7 Å². The number of halogens is 3. The van der Waals surface area contributed by atoms with Gasteiger partial charge in [-0.25, -0.2) is 0 Å². The van der Waals surface area contributed by atoms with E-state index in [4.69, 9.17) is 5.73 Å². The second-order valence-electron chi connectivity index (χ2n) is 3.43. The number of nitrogen functional groups attached to an aromatic ring is 1. The Bertz CT molecular complexity index is 395. The van der Waals surface area contributed by atoms with Crippen LogP contribution in [0.15, 0.2) is 12.1 Å². The number of anilines is 1. The fourth-order valence-corrected chi connectivity index (χ4v) is 1.41. The Kier molecular flexibility index (Phi) is 6.28. The molecule has 0 atom stereocenters. The molecular weight excluding hydrogens is 245 g/mol. The Morgan fingerprint density at radius 2 is 1.94 bits per heavy atom. The third kappa shape index (κ3) is 4.59. The van der Waals surface area contributed by atoms with Gasteiger partial charge < -0.3 is 18.7 Å². The molecule has 0 radical (unpaired) electrons. The topological polar surface area (TPSA) is 43.1 Å². The molecule has 7 heteroatoms. The van der Waals surface area contributed by atoms with Crippen LogP contribution in [0, 0.1) is 6.92 Å². The van der Waals surface area contributed by atoms with Gasteiger partial charge in [0.1, 0.15) is 6.29 Å². The summed E-state index contributed by atoms with van der Waals surface area (Å²) < 4.78 is 36.7. The van der Waals surface area contributed by atoms with E-state index in [1.54, 1.807) is 0 Å². The van der Waals surface area contributed by atoms with Gasteiger partial charge in [-0.3, -0.25) is 4.79 Å². The largest absolute Gasteiger partial charge is 1.00 e. The van der Waals surface area contributed by atoms with Crippen molar-refractivity contribution >= 4 is 19.0 Å². The molecule has 0 saturated heterocycles. The molecule has 0 aliphatic carbocycles. The molecule has 0 saturated carbocycles. The standard InChI is InChI=1S/C9H10BF3NO.K/c1-6-7(4-10(11,12)13)2-9(14)3-8(6)5-15;/h2-3,5H,4,14H2,1H3;/q-1;+1. The van der Waals surface area contributed by atoms with Crippen LogP contribution in [0.2, 0.25) is 0 Å². The minimum absolute atomic E-state index is 0. The van der Waals surface area contributed by atoms with Gasteiger partial charge in [-0.15, -0.1) is 0 Å². The van der Waals surface area contributed by atoms with Gasteiger partial charge >= 0.3 is 58.4 Å². The van der Waals surface area contributed by atoms with Gasteiger partial charge in [0.2, 0.25) is 0 Å². The molecule has 0 heterocycles. The van der Waals surface area contributed by atoms with E-state index >= 15 is 0 Å². The Morgan fingerprint density at radius 3 is 2.38 bits per heavy atom. The van der Waals surface area contributed by atoms with E-state index in [2.05, 4.69) is 0 Å². The molecule has 0 aromatic heterocycles. The van der Waals surface area contributed by atoms with Gasteiger partial charge in [0.15, 0.2) is 0 Å². The number of carbonyl (C=O) groups is 1. The van der Waals surface area contributed by atoms with E-state index in [0.717, 1.165) is 0 Å². The Balaban J connectivity index is 0.00000225. The third-order valence-electron chi connectivity index (χ3n) is 2.16. The van der Waals surface area contributed by atoms with E-state index in [1.807, 2.05) is 0 Å². The first kappa shape index (κ1) is 16.2. The number of benzene rings is 1. The summed E-state index contributed by atoms with van der Waals surface area (Å²) in [6.07, 6.45) is -0.490. The molecule has 0 aliphatic heterocycles. The van der Waals surface area contributed by atoms with Gasteiger partial charge in [0.05, 0.1) is 0 Å². The van der Waals surface area contributed by atoms with Crippen molar-refractivity contribution in [2.75, 3.05) is 5.73 Å². The summed E-state index contributed by atoms with van der Waals surface area (Å²) in [5, 5.41) is 0. The number of nitrogens with two attached hydrogens (primary N) is 1. The van der Waals surface area contributed by atoms with Crippen molar-refractivity contribution in [2.24, 2.45) is 0 Å². The van der Waals surface area contributed by atoms with E-state index in [1.165, 1.54) is 19.1 Å². The molecule has 0 amide bonds. The van der Waals surface area contributed by atoms with Crippen molar-refractivity contribution in [3.05, 3.63) is 28.8 Å². The summed E-state index contributed by atoms with van der Waals surface area (Å²) in [4.78, 5) is 10.6. The normalized spacial score (nSPS) is 10.8. The van der Waals surface area contributed by atoms with Crippen molar-refractivity contribution < 1.29 is 69.1 Å². The van der Waals surface area contributed by atoms with Crippen molar-refractivity contribution in [1.82, 2.24) is 0 Å². The number of hydrogen-bond donors (Lipinski definition) is 1. The number of aldehydes is 1. The molecule has 0 unspecified atom stereocenters. The fraction of sp³-hybridized carbons (Fsp3) is 0.222. The van der Waals surface area contributed by atoms with Gasteiger partial charge in [-0.05, 0) is 24.6 Å². The van der Waals surface area contributed by atoms with Crippen LogP contribution >= 0.6 is 0 Å². The number of hydrogen-bond acceptors (Lipinski definition) is 2. The van der Waals surface area contributed by atoms with Crippen LogP contribution in [-0.4, -0.2) is 13.3 Å². The maximum atomic E-state index is 12.2. The molecule has 82 valence electrons. The van der Waals surface area contributed by atoms with Crippen LogP contribution in [0.4, 0.5) is 18.6 Å². The fourth-order valence-electron chi connectivity index (χ4n) is 1.41. The molecule has 1 aromatic rings. The molecular formula is C9H10BF3KNO. The summed E-state index contributed by atoms with van der Waals surface area (Å²) in [6, 6.07) is 2.63. The summed E-state index contributed by atoms with van der Waals surface area (Å²) >= 11 is 0. The molecule has 0 spiro atoms. The first-order valence-electron chi connectivity index (χ1n) is 4.38. The average molecular weight is 255 g/mol. The summed E-state index contributed by atoms with van der Waals surface area (Å²) in [7, 11) is 0. The number of carbonyl (C=O) groups excluding carboxylic acids is 1. The third-order valence-corrected chi connectivity index (χ3v) is 2.16. The van der Waals surface area contributed by atoms with Crippen LogP contribution in [0.5, 0.6) is 0 Å². The monoisotopic (exact) mass is 255 g/mol. The molecule has 0 bridgehead atoms. The zero-order valence-electron chi connectivity index (χ0n) is 9.14. The Morgan fingerprint density at radius 1 is 1.38 bits per heavy atom. The van der Waals surface area contributed by atoms with Crippen molar-refractivity contribution in [3.63, 3.8) is 0 Å². The van der Waals surface area contributed by atoms with Gasteiger partial charge in [0, 0.05) is 11.3 Å². The van der Waals surface area contributed by atoms with Crippen LogP contribution in [-0.2, 0) is 6.32 Å². The average Bonchev–Trinajstić information content (AvgIpc) is 2.08. The van der Waals surface area contributed by atoms with Gasteiger partial charge in [-0.1, -0.05) is 11.9 Å². The summed E-state index contributed by atoms with van der Waals surface area (Å²) in [5.41, 5.74) is 6.21. The molecule has 2 N–H and O–H groups in total. The van der Waals surface area contributed by atoms with Crippen molar-refractivity contribution in [1.29, 1.82) is 0 Å². The van der Waals surface area contributed by atoms with Gasteiger partial charge in [0.25, 0.3) is 0 Å². The smallest absolute Gasteiger partial charge is 0.449 e. The molecule has 16 heavy (non-hydrogen) atoms. The van der Waals surface area contributed by atoms with E-state index in [0.29, 0.717) is 11.8 Å².